The van der Waals surface area contributed by atoms with Crippen LogP contribution in [-0.4, -0.2) is 94.3 Å². The molecule has 4 atom stereocenters. The fourth-order valence-electron chi connectivity index (χ4n) is 4.73. The van der Waals surface area contributed by atoms with Gasteiger partial charge in [0.2, 0.25) is 5.91 Å². The van der Waals surface area contributed by atoms with Crippen molar-refractivity contribution in [3.63, 3.8) is 0 Å². The van der Waals surface area contributed by atoms with Gasteiger partial charge in [-0.05, 0) is 45.1 Å². The van der Waals surface area contributed by atoms with E-state index in [0.29, 0.717) is 19.3 Å². The smallest absolute Gasteiger partial charge is 0.328 e. The molecule has 12 nitrogen and oxygen atoms in total. The van der Waals surface area contributed by atoms with E-state index >= 15 is 0 Å². The first-order valence-electron chi connectivity index (χ1n) is 13.6. The topological polar surface area (TPSA) is 158 Å². The molecule has 39 heavy (non-hydrogen) atoms. The molecule has 0 spiro atoms. The van der Waals surface area contributed by atoms with E-state index in [1.165, 1.54) is 0 Å². The SMILES string of the molecule is CC(NC(CCc1ccccc1)C(=O)O)C(=O)N1C(C)CCCCCCC1C(=O)OCCOCCON(O)O. The number of hydrogen-bond donors (Lipinski definition) is 4. The molecular weight excluding hydrogens is 510 g/mol. The molecule has 0 aliphatic carbocycles. The Bertz CT molecular complexity index is 871. The average Bonchev–Trinajstić information content (AvgIpc) is 3.00. The number of esters is 1. The molecule has 0 aromatic heterocycles. The minimum Gasteiger partial charge on any atom is -0.480 e. The molecule has 0 radical (unpaired) electrons. The largest absolute Gasteiger partial charge is 0.480 e. The Morgan fingerprint density at radius 3 is 2.36 bits per heavy atom. The summed E-state index contributed by atoms with van der Waals surface area (Å²) in [4.78, 5) is 44.8. The normalized spacial score (nSPS) is 20.0. The number of ether oxygens (including phenoxy) is 2. The molecule has 220 valence electrons. The number of aliphatic carboxylic acids is 1. The van der Waals surface area contributed by atoms with Crippen LogP contribution in [0.3, 0.4) is 0 Å². The number of rotatable bonds is 15. The lowest BCUT2D eigenvalue weighted by Crippen LogP contribution is -2.57. The number of benzene rings is 1. The first-order valence-corrected chi connectivity index (χ1v) is 13.6. The van der Waals surface area contributed by atoms with Gasteiger partial charge in [-0.15, -0.1) is 0 Å². The zero-order valence-electron chi connectivity index (χ0n) is 22.9. The maximum atomic E-state index is 13.7. The number of carboxylic acids is 1. The summed E-state index contributed by atoms with van der Waals surface area (Å²) >= 11 is 0. The average molecular weight is 554 g/mol. The van der Waals surface area contributed by atoms with Crippen molar-refractivity contribution in [2.45, 2.75) is 89.4 Å². The van der Waals surface area contributed by atoms with Gasteiger partial charge in [-0.1, -0.05) is 56.0 Å². The second-order valence-corrected chi connectivity index (χ2v) is 9.77. The Morgan fingerprint density at radius 2 is 1.69 bits per heavy atom. The maximum absolute atomic E-state index is 13.7. The molecule has 4 unspecified atom stereocenters. The van der Waals surface area contributed by atoms with Crippen molar-refractivity contribution in [2.75, 3.05) is 26.4 Å². The molecule has 1 heterocycles. The summed E-state index contributed by atoms with van der Waals surface area (Å²) in [5.41, 5.74) is 1.02. The zero-order chi connectivity index (χ0) is 28.6. The molecule has 0 saturated carbocycles. The fraction of sp³-hybridized carbons (Fsp3) is 0.667. The van der Waals surface area contributed by atoms with E-state index in [1.54, 1.807) is 11.8 Å². The van der Waals surface area contributed by atoms with Crippen LogP contribution in [0.2, 0.25) is 0 Å². The molecular formula is C27H43N3O9. The van der Waals surface area contributed by atoms with Crippen LogP contribution in [0, 0.1) is 0 Å². The van der Waals surface area contributed by atoms with Crippen LogP contribution in [0.5, 0.6) is 0 Å². The number of nitrogens with one attached hydrogen (secondary N) is 1. The number of hydrogen-bond acceptors (Lipinski definition) is 10. The van der Waals surface area contributed by atoms with Crippen molar-refractivity contribution in [3.05, 3.63) is 35.9 Å². The Balaban J connectivity index is 2.03. The lowest BCUT2D eigenvalue weighted by atomic mass is 10.0. The minimum atomic E-state index is -1.03. The predicted octanol–water partition coefficient (Wildman–Crippen LogP) is 2.56. The van der Waals surface area contributed by atoms with Crippen molar-refractivity contribution in [1.29, 1.82) is 0 Å². The van der Waals surface area contributed by atoms with Crippen molar-refractivity contribution in [2.24, 2.45) is 0 Å². The lowest BCUT2D eigenvalue weighted by Gasteiger charge is -2.37. The van der Waals surface area contributed by atoms with Gasteiger partial charge in [-0.25, -0.2) is 9.63 Å². The van der Waals surface area contributed by atoms with E-state index in [4.69, 9.17) is 19.9 Å². The first-order chi connectivity index (χ1) is 18.7. The van der Waals surface area contributed by atoms with Crippen LogP contribution in [-0.2, 0) is 35.1 Å². The van der Waals surface area contributed by atoms with Gasteiger partial charge in [-0.2, -0.15) is 0 Å². The molecule has 1 aromatic carbocycles. The zero-order valence-corrected chi connectivity index (χ0v) is 22.9. The predicted molar refractivity (Wildman–Crippen MR) is 140 cm³/mol. The summed E-state index contributed by atoms with van der Waals surface area (Å²) in [7, 11) is 0. The van der Waals surface area contributed by atoms with Crippen molar-refractivity contribution < 1.29 is 44.2 Å². The summed E-state index contributed by atoms with van der Waals surface area (Å²) in [5.74, 6) is -1.89. The van der Waals surface area contributed by atoms with Gasteiger partial charge in [0, 0.05) is 6.04 Å². The summed E-state index contributed by atoms with van der Waals surface area (Å²) in [6.45, 7) is 3.53. The second kappa shape index (κ2) is 17.9. The third kappa shape index (κ3) is 12.0. The summed E-state index contributed by atoms with van der Waals surface area (Å²) in [6.07, 6.45) is 5.70. The molecule has 1 amide bonds. The van der Waals surface area contributed by atoms with E-state index < -0.39 is 35.5 Å². The number of carbonyl (C=O) groups is 3. The molecule has 0 bridgehead atoms. The number of carbonyl (C=O) groups excluding carboxylic acids is 2. The Labute approximate surface area is 229 Å². The highest BCUT2D eigenvalue weighted by molar-refractivity contribution is 5.88. The van der Waals surface area contributed by atoms with Crippen molar-refractivity contribution in [3.8, 4) is 0 Å². The summed E-state index contributed by atoms with van der Waals surface area (Å²) in [6, 6.07) is 6.82. The van der Waals surface area contributed by atoms with Gasteiger partial charge in [-0.3, -0.25) is 25.3 Å². The van der Waals surface area contributed by atoms with E-state index in [-0.39, 0.29) is 38.4 Å². The van der Waals surface area contributed by atoms with Gasteiger partial charge >= 0.3 is 11.9 Å². The standard InChI is InChI=1S/C27H43N3O9/c1-20-10-6-3-4-9-13-24(27(34)38-18-16-37-17-19-39-30(35)36)29(20)25(31)21(2)28-23(26(32)33)15-14-22-11-7-5-8-12-22/h5,7-8,11-12,20-21,23-24,28,35-36H,3-4,6,9-10,13-19H2,1-2H3,(H,32,33). The molecule has 1 fully saturated rings. The third-order valence-electron chi connectivity index (χ3n) is 6.78. The van der Waals surface area contributed by atoms with Crippen LogP contribution in [0.25, 0.3) is 0 Å². The van der Waals surface area contributed by atoms with E-state index in [1.807, 2.05) is 37.3 Å². The van der Waals surface area contributed by atoms with Gasteiger partial charge in [0.05, 0.1) is 31.3 Å². The molecule has 1 aromatic rings. The summed E-state index contributed by atoms with van der Waals surface area (Å²) in [5, 5.41) is 29.3. The van der Waals surface area contributed by atoms with Gasteiger partial charge in [0.25, 0.3) is 0 Å². The molecule has 4 N–H and O–H groups in total. The molecule has 1 saturated heterocycles. The highest BCUT2D eigenvalue weighted by Gasteiger charge is 2.37. The second-order valence-electron chi connectivity index (χ2n) is 9.77. The number of amides is 1. The quantitative estimate of drug-likeness (QED) is 0.144. The van der Waals surface area contributed by atoms with E-state index in [0.717, 1.165) is 37.7 Å². The lowest BCUT2D eigenvalue weighted by molar-refractivity contribution is -0.493. The highest BCUT2D eigenvalue weighted by atomic mass is 17.1. The third-order valence-corrected chi connectivity index (χ3v) is 6.78. The Morgan fingerprint density at radius 1 is 1.03 bits per heavy atom. The molecule has 1 aliphatic heterocycles. The Kier molecular flexibility index (Phi) is 14.9. The van der Waals surface area contributed by atoms with Crippen LogP contribution < -0.4 is 5.32 Å². The van der Waals surface area contributed by atoms with Crippen LogP contribution in [0.15, 0.2) is 30.3 Å². The monoisotopic (exact) mass is 553 g/mol. The fourth-order valence-corrected chi connectivity index (χ4v) is 4.73. The van der Waals surface area contributed by atoms with E-state index in [2.05, 4.69) is 10.2 Å². The van der Waals surface area contributed by atoms with Crippen LogP contribution >= 0.6 is 0 Å². The van der Waals surface area contributed by atoms with Gasteiger partial charge in [0.15, 0.2) is 0 Å². The summed E-state index contributed by atoms with van der Waals surface area (Å²) < 4.78 is 10.7. The van der Waals surface area contributed by atoms with Crippen LogP contribution in [0.1, 0.15) is 64.4 Å². The Hall–Kier alpha value is -2.61. The van der Waals surface area contributed by atoms with Crippen molar-refractivity contribution in [1.82, 2.24) is 15.6 Å². The maximum Gasteiger partial charge on any atom is 0.328 e. The number of aryl methyl sites for hydroxylation is 1. The highest BCUT2D eigenvalue weighted by Crippen LogP contribution is 2.23. The van der Waals surface area contributed by atoms with Gasteiger partial charge in [0.1, 0.15) is 18.7 Å². The number of carboxylic acid groups (broad SMARTS) is 1. The first kappa shape index (κ1) is 32.6. The molecule has 1 aliphatic rings. The minimum absolute atomic E-state index is 0.0396. The number of nitrogens with zero attached hydrogens (tertiary/aromatic N) is 2. The van der Waals surface area contributed by atoms with Crippen molar-refractivity contribution >= 4 is 17.8 Å². The van der Waals surface area contributed by atoms with Crippen LogP contribution in [0.4, 0.5) is 0 Å². The van der Waals surface area contributed by atoms with E-state index in [9.17, 15) is 19.5 Å². The molecule has 2 rings (SSSR count). The van der Waals surface area contributed by atoms with Gasteiger partial charge < -0.3 is 19.5 Å². The molecule has 12 heteroatoms.